The average molecular weight is 535 g/mol. The number of aromatic nitrogens is 1. The Morgan fingerprint density at radius 1 is 1.15 bits per heavy atom. The number of hydrogen-bond donors (Lipinski definition) is 2. The van der Waals surface area contributed by atoms with Crippen LogP contribution < -0.4 is 9.47 Å². The van der Waals surface area contributed by atoms with Crippen LogP contribution in [0.4, 0.5) is 4.39 Å². The molecule has 39 heavy (non-hydrogen) atoms. The maximum Gasteiger partial charge on any atom is 0.309 e. The minimum absolute atomic E-state index is 0.215. The first-order valence-corrected chi connectivity index (χ1v) is 13.6. The van der Waals surface area contributed by atoms with Gasteiger partial charge in [-0.05, 0) is 79.6 Å². The van der Waals surface area contributed by atoms with Gasteiger partial charge in [-0.1, -0.05) is 36.8 Å². The molecular weight excluding hydrogens is 499 g/mol. The van der Waals surface area contributed by atoms with Gasteiger partial charge in [0, 0.05) is 18.2 Å². The quantitative estimate of drug-likeness (QED) is 0.383. The van der Waals surface area contributed by atoms with Crippen molar-refractivity contribution in [2.75, 3.05) is 20.2 Å². The number of nitrogens with zero attached hydrogens (tertiary/aromatic N) is 2. The molecule has 2 aromatic carbocycles. The van der Waals surface area contributed by atoms with E-state index >= 15 is 0 Å². The summed E-state index contributed by atoms with van der Waals surface area (Å²) in [5.41, 5.74) is 4.85. The Morgan fingerprint density at radius 3 is 2.69 bits per heavy atom. The fraction of sp³-hybridized carbons (Fsp3) is 0.419. The lowest BCUT2D eigenvalue weighted by molar-refractivity contribution is -0.145. The smallest absolute Gasteiger partial charge is 0.309 e. The molecule has 206 valence electrons. The molecule has 8 heteroatoms. The first kappa shape index (κ1) is 27.1. The van der Waals surface area contributed by atoms with Crippen LogP contribution in [-0.4, -0.2) is 46.3 Å². The van der Waals surface area contributed by atoms with Gasteiger partial charge < -0.3 is 19.7 Å². The van der Waals surface area contributed by atoms with Crippen LogP contribution in [0.25, 0.3) is 11.1 Å². The summed E-state index contributed by atoms with van der Waals surface area (Å²) in [6.45, 7) is 4.22. The lowest BCUT2D eigenvalue weighted by Gasteiger charge is -2.30. The third kappa shape index (κ3) is 5.92. The number of aliphatic hydroxyl groups excluding tert-OH is 1. The summed E-state index contributed by atoms with van der Waals surface area (Å²) in [5, 5.41) is 19.9. The number of aliphatic carboxylic acids is 1. The molecule has 0 aliphatic carbocycles. The minimum atomic E-state index is -1.13. The fourth-order valence-corrected chi connectivity index (χ4v) is 5.53. The highest BCUT2D eigenvalue weighted by Gasteiger charge is 2.27. The Hall–Kier alpha value is -3.49. The van der Waals surface area contributed by atoms with Gasteiger partial charge in [-0.2, -0.15) is 0 Å². The molecule has 0 amide bonds. The highest BCUT2D eigenvalue weighted by Crippen LogP contribution is 2.39. The monoisotopic (exact) mass is 534 g/mol. The van der Waals surface area contributed by atoms with Crippen molar-refractivity contribution in [3.63, 3.8) is 0 Å². The molecule has 5 rings (SSSR count). The standard InChI is InChI=1S/C31H35FN2O5/c1-19(31(36)37)30(35)22-7-6-20-9-11-27(39-28(20)15-22)21-8-10-24(25-16-29(38-2)33-17-26(25)32)23(14-21)18-34-12-4-3-5-13-34/h6-8,10,14-17,19,27,30,35H,3-5,9,11-13,18H2,1-2H3,(H,36,37)/t19-,27+,30+/m0/s1. The normalized spacial score (nSPS) is 19.0. The van der Waals surface area contributed by atoms with Gasteiger partial charge in [0.15, 0.2) is 0 Å². The van der Waals surface area contributed by atoms with E-state index in [1.807, 2.05) is 18.2 Å². The third-order valence-corrected chi connectivity index (χ3v) is 7.91. The predicted molar refractivity (Wildman–Crippen MR) is 145 cm³/mol. The summed E-state index contributed by atoms with van der Waals surface area (Å²) in [6, 6.07) is 13.1. The van der Waals surface area contributed by atoms with Gasteiger partial charge in [0.2, 0.25) is 5.88 Å². The van der Waals surface area contributed by atoms with E-state index in [1.54, 1.807) is 18.2 Å². The van der Waals surface area contributed by atoms with Crippen molar-refractivity contribution in [2.45, 2.75) is 57.8 Å². The molecule has 2 aliphatic rings. The number of piperidine rings is 1. The van der Waals surface area contributed by atoms with E-state index in [1.165, 1.54) is 26.7 Å². The van der Waals surface area contributed by atoms with Crippen LogP contribution in [0.1, 0.15) is 67.1 Å². The number of fused-ring (bicyclic) bond motifs is 1. The Bertz CT molecular complexity index is 1340. The van der Waals surface area contributed by atoms with E-state index < -0.39 is 23.8 Å². The SMILES string of the molecule is COc1cc(-c2ccc([C@H]3CCc4ccc([C@H](O)[C@H](C)C(=O)O)cc4O3)cc2CN2CCCCC2)c(F)cn1. The first-order valence-electron chi connectivity index (χ1n) is 13.6. The maximum absolute atomic E-state index is 15.0. The van der Waals surface area contributed by atoms with Crippen molar-refractivity contribution < 1.29 is 28.9 Å². The molecule has 7 nitrogen and oxygen atoms in total. The molecule has 0 unspecified atom stereocenters. The second kappa shape index (κ2) is 11.7. The number of rotatable bonds is 8. The predicted octanol–water partition coefficient (Wildman–Crippen LogP) is 5.70. The summed E-state index contributed by atoms with van der Waals surface area (Å²) in [6.07, 6.45) is 4.98. The van der Waals surface area contributed by atoms with Gasteiger partial charge in [-0.25, -0.2) is 9.37 Å². The first-order chi connectivity index (χ1) is 18.8. The number of ether oxygens (including phenoxy) is 2. The van der Waals surface area contributed by atoms with Crippen LogP contribution in [0.3, 0.4) is 0 Å². The zero-order chi connectivity index (χ0) is 27.5. The van der Waals surface area contributed by atoms with Crippen molar-refractivity contribution in [1.29, 1.82) is 0 Å². The van der Waals surface area contributed by atoms with E-state index in [9.17, 15) is 19.4 Å². The van der Waals surface area contributed by atoms with Crippen LogP contribution in [-0.2, 0) is 17.8 Å². The number of aliphatic hydroxyl groups is 1. The lowest BCUT2D eigenvalue weighted by Crippen LogP contribution is -2.29. The average Bonchev–Trinajstić information content (AvgIpc) is 2.96. The van der Waals surface area contributed by atoms with Gasteiger partial charge in [-0.15, -0.1) is 0 Å². The highest BCUT2D eigenvalue weighted by atomic mass is 19.1. The van der Waals surface area contributed by atoms with Gasteiger partial charge in [0.05, 0.1) is 25.3 Å². The number of carbonyl (C=O) groups is 1. The van der Waals surface area contributed by atoms with Crippen LogP contribution >= 0.6 is 0 Å². The van der Waals surface area contributed by atoms with Crippen LogP contribution in [0, 0.1) is 11.7 Å². The number of hydrogen-bond acceptors (Lipinski definition) is 6. The number of benzene rings is 2. The summed E-state index contributed by atoms with van der Waals surface area (Å²) >= 11 is 0. The largest absolute Gasteiger partial charge is 0.485 e. The molecule has 0 bridgehead atoms. The van der Waals surface area contributed by atoms with Gasteiger partial charge in [-0.3, -0.25) is 9.69 Å². The number of carboxylic acid groups (broad SMARTS) is 1. The number of likely N-dealkylation sites (tertiary alicyclic amines) is 1. The second-order valence-corrected chi connectivity index (χ2v) is 10.5. The van der Waals surface area contributed by atoms with E-state index in [2.05, 4.69) is 16.0 Å². The van der Waals surface area contributed by atoms with E-state index in [-0.39, 0.29) is 6.10 Å². The number of carboxylic acids is 1. The molecule has 0 spiro atoms. The zero-order valence-electron chi connectivity index (χ0n) is 22.4. The summed E-state index contributed by atoms with van der Waals surface area (Å²) < 4.78 is 26.7. The van der Waals surface area contributed by atoms with E-state index in [4.69, 9.17) is 9.47 Å². The molecule has 3 heterocycles. The van der Waals surface area contributed by atoms with Crippen molar-refractivity contribution in [3.8, 4) is 22.8 Å². The minimum Gasteiger partial charge on any atom is -0.485 e. The van der Waals surface area contributed by atoms with Crippen LogP contribution in [0.5, 0.6) is 11.6 Å². The lowest BCUT2D eigenvalue weighted by atomic mass is 9.91. The molecule has 3 aromatic rings. The van der Waals surface area contributed by atoms with Crippen molar-refractivity contribution in [1.82, 2.24) is 9.88 Å². The number of pyridine rings is 1. The van der Waals surface area contributed by atoms with E-state index in [0.717, 1.165) is 61.0 Å². The molecule has 0 radical (unpaired) electrons. The number of methoxy groups -OCH3 is 1. The fourth-order valence-electron chi connectivity index (χ4n) is 5.53. The topological polar surface area (TPSA) is 92.1 Å². The second-order valence-electron chi connectivity index (χ2n) is 10.5. The van der Waals surface area contributed by atoms with Crippen molar-refractivity contribution in [2.24, 2.45) is 5.92 Å². The number of halogens is 1. The molecule has 3 atom stereocenters. The Balaban J connectivity index is 1.46. The van der Waals surface area contributed by atoms with E-state index in [0.29, 0.717) is 29.3 Å². The van der Waals surface area contributed by atoms with Crippen LogP contribution in [0.15, 0.2) is 48.7 Å². The molecule has 0 saturated carbocycles. The number of aryl methyl sites for hydroxylation is 1. The zero-order valence-corrected chi connectivity index (χ0v) is 22.4. The Morgan fingerprint density at radius 2 is 1.95 bits per heavy atom. The van der Waals surface area contributed by atoms with Gasteiger partial charge >= 0.3 is 5.97 Å². The molecule has 1 saturated heterocycles. The van der Waals surface area contributed by atoms with Crippen molar-refractivity contribution in [3.05, 3.63) is 76.7 Å². The summed E-state index contributed by atoms with van der Waals surface area (Å²) in [7, 11) is 1.52. The molecule has 1 fully saturated rings. The highest BCUT2D eigenvalue weighted by molar-refractivity contribution is 5.71. The summed E-state index contributed by atoms with van der Waals surface area (Å²) in [5.74, 6) is -1.36. The Labute approximate surface area is 228 Å². The maximum atomic E-state index is 15.0. The third-order valence-electron chi connectivity index (χ3n) is 7.91. The van der Waals surface area contributed by atoms with Gasteiger partial charge in [0.1, 0.15) is 17.7 Å². The Kier molecular flexibility index (Phi) is 8.14. The van der Waals surface area contributed by atoms with Crippen molar-refractivity contribution >= 4 is 5.97 Å². The molecule has 2 aliphatic heterocycles. The van der Waals surface area contributed by atoms with Crippen LogP contribution in [0.2, 0.25) is 0 Å². The molecular formula is C31H35FN2O5. The molecule has 2 N–H and O–H groups in total. The van der Waals surface area contributed by atoms with Gasteiger partial charge in [0.25, 0.3) is 0 Å². The molecule has 1 aromatic heterocycles. The summed E-state index contributed by atoms with van der Waals surface area (Å²) in [4.78, 5) is 17.8.